The minimum absolute atomic E-state index is 0.246. The second-order valence-electron chi connectivity index (χ2n) is 6.68. The minimum Gasteiger partial charge on any atom is -0.335 e. The van der Waals surface area contributed by atoms with Crippen molar-refractivity contribution in [1.82, 2.24) is 14.7 Å². The highest BCUT2D eigenvalue weighted by Gasteiger charge is 2.32. The fourth-order valence-electron chi connectivity index (χ4n) is 3.91. The number of hydrogen-bond donors (Lipinski definition) is 0. The van der Waals surface area contributed by atoms with Gasteiger partial charge in [-0.15, -0.1) is 0 Å². The Hall–Kier alpha value is -1.32. The fourth-order valence-corrected chi connectivity index (χ4v) is 3.91. The van der Waals surface area contributed by atoms with Crippen LogP contribution in [-0.4, -0.2) is 27.1 Å². The molecule has 2 heterocycles. The zero-order valence-electron chi connectivity index (χ0n) is 13.1. The van der Waals surface area contributed by atoms with Crippen molar-refractivity contribution >= 4 is 5.91 Å². The van der Waals surface area contributed by atoms with Gasteiger partial charge in [0, 0.05) is 31.3 Å². The van der Waals surface area contributed by atoms with Crippen molar-refractivity contribution in [2.24, 2.45) is 13.0 Å². The third kappa shape index (κ3) is 3.30. The number of likely N-dealkylation sites (tertiary alicyclic amines) is 1. The van der Waals surface area contributed by atoms with Gasteiger partial charge in [0.15, 0.2) is 0 Å². The van der Waals surface area contributed by atoms with Gasteiger partial charge in [0.05, 0.1) is 12.2 Å². The van der Waals surface area contributed by atoms with Crippen LogP contribution in [0.3, 0.4) is 0 Å². The fraction of sp³-hybridized carbons (Fsp3) is 0.765. The third-order valence-electron chi connectivity index (χ3n) is 5.10. The molecule has 21 heavy (non-hydrogen) atoms. The molecule has 0 unspecified atom stereocenters. The first kappa shape index (κ1) is 14.6. The van der Waals surface area contributed by atoms with Crippen LogP contribution in [0.1, 0.15) is 69.4 Å². The maximum atomic E-state index is 13.0. The third-order valence-corrected chi connectivity index (χ3v) is 5.10. The molecule has 116 valence electrons. The van der Waals surface area contributed by atoms with E-state index in [1.165, 1.54) is 37.7 Å². The molecule has 0 spiro atoms. The van der Waals surface area contributed by atoms with Crippen molar-refractivity contribution < 1.29 is 4.79 Å². The Bertz CT molecular complexity index is 476. The lowest BCUT2D eigenvalue weighted by Crippen LogP contribution is -2.39. The van der Waals surface area contributed by atoms with E-state index in [1.807, 2.05) is 17.9 Å². The molecule has 4 nitrogen and oxygen atoms in total. The van der Waals surface area contributed by atoms with Crippen LogP contribution in [0.25, 0.3) is 0 Å². The summed E-state index contributed by atoms with van der Waals surface area (Å²) in [5, 5.41) is 4.31. The summed E-state index contributed by atoms with van der Waals surface area (Å²) < 4.78 is 1.85. The van der Waals surface area contributed by atoms with Gasteiger partial charge in [0.1, 0.15) is 0 Å². The molecule has 4 heteroatoms. The highest BCUT2D eigenvalue weighted by molar-refractivity contribution is 5.79. The summed E-state index contributed by atoms with van der Waals surface area (Å²) in [5.41, 5.74) is 1.21. The summed E-state index contributed by atoms with van der Waals surface area (Å²) in [6.45, 7) is 0.925. The number of amides is 1. The number of nitrogens with zero attached hydrogens (tertiary/aromatic N) is 3. The van der Waals surface area contributed by atoms with E-state index in [2.05, 4.69) is 16.2 Å². The monoisotopic (exact) mass is 289 g/mol. The van der Waals surface area contributed by atoms with Gasteiger partial charge in [-0.05, 0) is 25.7 Å². The van der Waals surface area contributed by atoms with Crippen LogP contribution in [0.4, 0.5) is 0 Å². The second-order valence-corrected chi connectivity index (χ2v) is 6.68. The summed E-state index contributed by atoms with van der Waals surface area (Å²) in [6.07, 6.45) is 14.6. The molecule has 1 aromatic heterocycles. The Balaban J connectivity index is 1.79. The average molecular weight is 289 g/mol. The molecule has 1 amide bonds. The lowest BCUT2D eigenvalue weighted by molar-refractivity contribution is -0.139. The zero-order chi connectivity index (χ0) is 14.7. The molecule has 0 N–H and O–H groups in total. The van der Waals surface area contributed by atoms with E-state index in [0.29, 0.717) is 5.91 Å². The van der Waals surface area contributed by atoms with E-state index in [1.54, 1.807) is 0 Å². The van der Waals surface area contributed by atoms with E-state index < -0.39 is 0 Å². The SMILES string of the molecule is Cn1cc([C@@H]2CCCCCN2C(=O)C2CCCCC2)cn1. The highest BCUT2D eigenvalue weighted by atomic mass is 16.2. The first-order chi connectivity index (χ1) is 10.3. The first-order valence-corrected chi connectivity index (χ1v) is 8.55. The Labute approximate surface area is 127 Å². The van der Waals surface area contributed by atoms with Gasteiger partial charge >= 0.3 is 0 Å². The molecule has 0 aromatic carbocycles. The van der Waals surface area contributed by atoms with Crippen molar-refractivity contribution in [3.8, 4) is 0 Å². The quantitative estimate of drug-likeness (QED) is 0.836. The molecule has 2 aliphatic rings. The van der Waals surface area contributed by atoms with Crippen LogP contribution in [-0.2, 0) is 11.8 Å². The summed E-state index contributed by atoms with van der Waals surface area (Å²) in [7, 11) is 1.95. The lowest BCUT2D eigenvalue weighted by atomic mass is 9.87. The van der Waals surface area contributed by atoms with Crippen molar-refractivity contribution in [1.29, 1.82) is 0 Å². The second kappa shape index (κ2) is 6.63. The van der Waals surface area contributed by atoms with E-state index >= 15 is 0 Å². The van der Waals surface area contributed by atoms with Crippen LogP contribution in [0.15, 0.2) is 12.4 Å². The van der Waals surface area contributed by atoms with Crippen LogP contribution in [0.5, 0.6) is 0 Å². The predicted octanol–water partition coefficient (Wildman–Crippen LogP) is 3.44. The van der Waals surface area contributed by atoms with Crippen molar-refractivity contribution in [3.05, 3.63) is 18.0 Å². The normalized spacial score (nSPS) is 24.8. The minimum atomic E-state index is 0.246. The summed E-state index contributed by atoms with van der Waals surface area (Å²) in [6, 6.07) is 0.246. The molecular weight excluding hydrogens is 262 g/mol. The molecule has 1 aliphatic carbocycles. The molecular formula is C17H27N3O. The molecule has 3 rings (SSSR count). The topological polar surface area (TPSA) is 38.1 Å². The molecule has 0 radical (unpaired) electrons. The maximum absolute atomic E-state index is 13.0. The molecule has 2 fully saturated rings. The van der Waals surface area contributed by atoms with Gasteiger partial charge in [-0.1, -0.05) is 32.1 Å². The molecule has 0 bridgehead atoms. The van der Waals surface area contributed by atoms with Crippen LogP contribution >= 0.6 is 0 Å². The van der Waals surface area contributed by atoms with E-state index in [0.717, 1.165) is 32.2 Å². The van der Waals surface area contributed by atoms with Crippen LogP contribution in [0, 0.1) is 5.92 Å². The van der Waals surface area contributed by atoms with Gasteiger partial charge in [-0.25, -0.2) is 0 Å². The van der Waals surface area contributed by atoms with Gasteiger partial charge in [0.25, 0.3) is 0 Å². The Kier molecular flexibility index (Phi) is 4.61. The molecule has 1 atom stereocenters. The summed E-state index contributed by atoms with van der Waals surface area (Å²) >= 11 is 0. The molecule has 1 aromatic rings. The number of rotatable bonds is 2. The highest BCUT2D eigenvalue weighted by Crippen LogP contribution is 2.34. The van der Waals surface area contributed by atoms with Crippen LogP contribution < -0.4 is 0 Å². The average Bonchev–Trinajstić information content (AvgIpc) is 2.80. The summed E-state index contributed by atoms with van der Waals surface area (Å²) in [4.78, 5) is 15.2. The molecule has 1 aliphatic heterocycles. The zero-order valence-corrected chi connectivity index (χ0v) is 13.1. The smallest absolute Gasteiger partial charge is 0.226 e. The largest absolute Gasteiger partial charge is 0.335 e. The van der Waals surface area contributed by atoms with E-state index in [4.69, 9.17) is 0 Å². The Morgan fingerprint density at radius 3 is 2.52 bits per heavy atom. The first-order valence-electron chi connectivity index (χ1n) is 8.55. The van der Waals surface area contributed by atoms with Crippen molar-refractivity contribution in [2.45, 2.75) is 63.8 Å². The number of aromatic nitrogens is 2. The lowest BCUT2D eigenvalue weighted by Gasteiger charge is -2.34. The molecule has 1 saturated carbocycles. The molecule has 1 saturated heterocycles. The summed E-state index contributed by atoms with van der Waals surface area (Å²) in [5.74, 6) is 0.682. The number of aryl methyl sites for hydroxylation is 1. The van der Waals surface area contributed by atoms with Gasteiger partial charge < -0.3 is 4.90 Å². The van der Waals surface area contributed by atoms with Crippen molar-refractivity contribution in [2.75, 3.05) is 6.54 Å². The van der Waals surface area contributed by atoms with E-state index in [-0.39, 0.29) is 12.0 Å². The van der Waals surface area contributed by atoms with Gasteiger partial charge in [0.2, 0.25) is 5.91 Å². The van der Waals surface area contributed by atoms with Gasteiger partial charge in [-0.2, -0.15) is 5.10 Å². The van der Waals surface area contributed by atoms with Crippen molar-refractivity contribution in [3.63, 3.8) is 0 Å². The predicted molar refractivity (Wildman–Crippen MR) is 82.7 cm³/mol. The Morgan fingerprint density at radius 2 is 1.81 bits per heavy atom. The maximum Gasteiger partial charge on any atom is 0.226 e. The standard InChI is InChI=1S/C17H27N3O/c1-19-13-15(12-18-19)16-10-6-3-7-11-20(16)17(21)14-8-4-2-5-9-14/h12-14,16H,2-11H2,1H3/t16-/m0/s1. The Morgan fingerprint density at radius 1 is 1.10 bits per heavy atom. The number of carbonyl (C=O) groups is 1. The van der Waals surface area contributed by atoms with E-state index in [9.17, 15) is 4.79 Å². The number of hydrogen-bond acceptors (Lipinski definition) is 2. The number of carbonyl (C=O) groups excluding carboxylic acids is 1. The van der Waals surface area contributed by atoms with Gasteiger partial charge in [-0.3, -0.25) is 9.48 Å². The van der Waals surface area contributed by atoms with Crippen LogP contribution in [0.2, 0.25) is 0 Å².